The van der Waals surface area contributed by atoms with E-state index in [1.807, 2.05) is 18.2 Å². The summed E-state index contributed by atoms with van der Waals surface area (Å²) in [4.78, 5) is 24.3. The number of hydrazone groups is 1. The van der Waals surface area contributed by atoms with E-state index in [4.69, 9.17) is 0 Å². The highest BCUT2D eigenvalue weighted by Crippen LogP contribution is 2.42. The molecule has 0 radical (unpaired) electrons. The van der Waals surface area contributed by atoms with Crippen LogP contribution in [0.5, 0.6) is 0 Å². The number of alkyl halides is 3. The summed E-state index contributed by atoms with van der Waals surface area (Å²) in [7, 11) is 0. The predicted molar refractivity (Wildman–Crippen MR) is 123 cm³/mol. The summed E-state index contributed by atoms with van der Waals surface area (Å²) in [6.07, 6.45) is 2.29. The maximum Gasteiger partial charge on any atom is 0.418 e. The van der Waals surface area contributed by atoms with Crippen molar-refractivity contribution in [1.29, 1.82) is 0 Å². The van der Waals surface area contributed by atoms with Crippen molar-refractivity contribution in [3.63, 3.8) is 0 Å². The highest BCUT2D eigenvalue weighted by atomic mass is 19.4. The second-order valence-corrected chi connectivity index (χ2v) is 9.24. The topological polar surface area (TPSA) is 67.9 Å². The molecule has 3 aromatic rings. The molecule has 3 heterocycles. The van der Waals surface area contributed by atoms with E-state index in [1.54, 1.807) is 6.07 Å². The molecule has 1 aliphatic heterocycles. The number of nitrogens with one attached hydrogen (secondary N) is 1. The highest BCUT2D eigenvalue weighted by Gasteiger charge is 2.36. The number of benzene rings is 1. The Bertz CT molecular complexity index is 1330. The smallest absolute Gasteiger partial charge is 0.310 e. The van der Waals surface area contributed by atoms with Crippen LogP contribution < -0.4 is 11.1 Å². The standard InChI is InChI=1S/C25H25F3N4O2/c1-15-8-9-29-30-23(15)22(17-4-2-5-17)18-6-3-7-19(11-18)31-13-21-20(25(26,27)28)10-16(14-33)12-32(21)24(31)34/h3,6-7,10-15,17,22,29H,2,4-5,8-9H2,1H3/t15?,22-/m1/s1. The third-order valence-corrected chi connectivity index (χ3v) is 7.08. The number of aromatic nitrogens is 2. The molecule has 0 amide bonds. The Labute approximate surface area is 194 Å². The van der Waals surface area contributed by atoms with Crippen molar-refractivity contribution in [2.45, 2.75) is 44.7 Å². The lowest BCUT2D eigenvalue weighted by Crippen LogP contribution is -2.36. The molecule has 1 aliphatic carbocycles. The Morgan fingerprint density at radius 1 is 1.18 bits per heavy atom. The largest absolute Gasteiger partial charge is 0.418 e. The van der Waals surface area contributed by atoms with Gasteiger partial charge in [0.25, 0.3) is 0 Å². The monoisotopic (exact) mass is 470 g/mol. The van der Waals surface area contributed by atoms with Gasteiger partial charge in [-0.05, 0) is 54.9 Å². The summed E-state index contributed by atoms with van der Waals surface area (Å²) in [6.45, 7) is 3.00. The summed E-state index contributed by atoms with van der Waals surface area (Å²) in [5.74, 6) is 0.871. The number of pyridine rings is 1. The average Bonchev–Trinajstić information content (AvgIpc) is 3.12. The van der Waals surface area contributed by atoms with Crippen LogP contribution in [-0.2, 0) is 6.18 Å². The summed E-state index contributed by atoms with van der Waals surface area (Å²) in [6, 6.07) is 8.18. The average molecular weight is 470 g/mol. The lowest BCUT2D eigenvalue weighted by atomic mass is 9.68. The molecule has 1 aromatic carbocycles. The van der Waals surface area contributed by atoms with Crippen LogP contribution in [0.2, 0.25) is 0 Å². The number of fused-ring (bicyclic) bond motifs is 1. The molecular weight excluding hydrogens is 445 g/mol. The van der Waals surface area contributed by atoms with Gasteiger partial charge in [-0.2, -0.15) is 18.3 Å². The van der Waals surface area contributed by atoms with Crippen molar-refractivity contribution >= 4 is 17.5 Å². The number of nitrogens with zero attached hydrogens (tertiary/aromatic N) is 3. The minimum Gasteiger partial charge on any atom is -0.310 e. The Balaban J connectivity index is 1.64. The van der Waals surface area contributed by atoms with Gasteiger partial charge >= 0.3 is 11.9 Å². The molecule has 1 saturated carbocycles. The third-order valence-electron chi connectivity index (χ3n) is 7.08. The lowest BCUT2D eigenvalue weighted by Gasteiger charge is -2.38. The van der Waals surface area contributed by atoms with E-state index < -0.39 is 17.4 Å². The summed E-state index contributed by atoms with van der Waals surface area (Å²) in [5, 5.41) is 4.64. The fraction of sp³-hybridized carbons (Fsp3) is 0.400. The number of rotatable bonds is 5. The molecule has 34 heavy (non-hydrogen) atoms. The van der Waals surface area contributed by atoms with Crippen molar-refractivity contribution in [3.8, 4) is 5.69 Å². The third kappa shape index (κ3) is 3.82. The fourth-order valence-electron chi connectivity index (χ4n) is 5.07. The number of carbonyl (C=O) groups excluding carboxylic acids is 1. The number of carbonyl (C=O) groups is 1. The number of hydrogen-bond donors (Lipinski definition) is 1. The molecule has 0 spiro atoms. The number of hydrogen-bond acceptors (Lipinski definition) is 4. The summed E-state index contributed by atoms with van der Waals surface area (Å²) in [5.41, 5.74) is 3.51. The van der Waals surface area contributed by atoms with Gasteiger partial charge in [0.1, 0.15) is 0 Å². The number of aldehydes is 1. The zero-order chi connectivity index (χ0) is 24.0. The zero-order valence-electron chi connectivity index (χ0n) is 18.7. The van der Waals surface area contributed by atoms with Crippen LogP contribution in [0.15, 0.2) is 52.6 Å². The van der Waals surface area contributed by atoms with Gasteiger partial charge in [-0.3, -0.25) is 13.8 Å². The van der Waals surface area contributed by atoms with Crippen molar-refractivity contribution < 1.29 is 18.0 Å². The van der Waals surface area contributed by atoms with E-state index in [9.17, 15) is 22.8 Å². The van der Waals surface area contributed by atoms with Crippen LogP contribution in [0.1, 0.15) is 60.0 Å². The van der Waals surface area contributed by atoms with Crippen molar-refractivity contribution in [3.05, 3.63) is 69.9 Å². The van der Waals surface area contributed by atoms with Crippen molar-refractivity contribution in [1.82, 2.24) is 14.4 Å². The minimum absolute atomic E-state index is 0.0941. The fourth-order valence-corrected chi connectivity index (χ4v) is 5.07. The van der Waals surface area contributed by atoms with Crippen LogP contribution in [0, 0.1) is 11.8 Å². The maximum absolute atomic E-state index is 13.7. The van der Waals surface area contributed by atoms with Gasteiger partial charge in [0.15, 0.2) is 6.29 Å². The van der Waals surface area contributed by atoms with Gasteiger partial charge in [-0.25, -0.2) is 4.79 Å². The van der Waals surface area contributed by atoms with Crippen LogP contribution in [0.25, 0.3) is 11.2 Å². The Hall–Kier alpha value is -3.36. The molecule has 1 unspecified atom stereocenters. The number of halogens is 3. The van der Waals surface area contributed by atoms with Gasteiger partial charge in [-0.1, -0.05) is 25.5 Å². The molecular formula is C25H25F3N4O2. The Morgan fingerprint density at radius 2 is 1.97 bits per heavy atom. The first-order valence-corrected chi connectivity index (χ1v) is 11.5. The molecule has 2 atom stereocenters. The molecule has 0 bridgehead atoms. The molecule has 6 nitrogen and oxygen atoms in total. The van der Waals surface area contributed by atoms with Crippen LogP contribution in [0.4, 0.5) is 13.2 Å². The van der Waals surface area contributed by atoms with E-state index in [0.29, 0.717) is 23.8 Å². The van der Waals surface area contributed by atoms with E-state index in [0.717, 1.165) is 53.7 Å². The van der Waals surface area contributed by atoms with Crippen molar-refractivity contribution in [2.24, 2.45) is 16.9 Å². The SMILES string of the molecule is CC1CCNN=C1[C@@H](c1cccc(-n2cc3c(C(F)(F)F)cc(C=O)cn3c2=O)c1)C1CCC1. The summed E-state index contributed by atoms with van der Waals surface area (Å²) >= 11 is 0. The zero-order valence-corrected chi connectivity index (χ0v) is 18.7. The van der Waals surface area contributed by atoms with E-state index in [1.165, 1.54) is 17.2 Å². The van der Waals surface area contributed by atoms with Crippen LogP contribution >= 0.6 is 0 Å². The van der Waals surface area contributed by atoms with Crippen LogP contribution in [-0.4, -0.2) is 27.5 Å². The van der Waals surface area contributed by atoms with Crippen LogP contribution in [0.3, 0.4) is 0 Å². The minimum atomic E-state index is -4.71. The van der Waals surface area contributed by atoms with E-state index in [-0.39, 0.29) is 17.0 Å². The summed E-state index contributed by atoms with van der Waals surface area (Å²) < 4.78 is 43.1. The quantitative estimate of drug-likeness (QED) is 0.545. The molecule has 9 heteroatoms. The van der Waals surface area contributed by atoms with Gasteiger partial charge in [-0.15, -0.1) is 0 Å². The van der Waals surface area contributed by atoms with Crippen molar-refractivity contribution in [2.75, 3.05) is 6.54 Å². The number of imidazole rings is 1. The highest BCUT2D eigenvalue weighted by molar-refractivity contribution is 5.93. The molecule has 2 aliphatic rings. The normalized spacial score (nSPS) is 19.9. The van der Waals surface area contributed by atoms with Gasteiger partial charge in [0.2, 0.25) is 0 Å². The van der Waals surface area contributed by atoms with E-state index >= 15 is 0 Å². The molecule has 1 N–H and O–H groups in total. The maximum atomic E-state index is 13.7. The second-order valence-electron chi connectivity index (χ2n) is 9.24. The molecule has 0 saturated heterocycles. The predicted octanol–water partition coefficient (Wildman–Crippen LogP) is 4.79. The van der Waals surface area contributed by atoms with Gasteiger partial charge < -0.3 is 5.43 Å². The van der Waals surface area contributed by atoms with E-state index in [2.05, 4.69) is 17.5 Å². The second kappa shape index (κ2) is 8.45. The molecule has 1 fully saturated rings. The Kier molecular flexibility index (Phi) is 5.58. The molecule has 5 rings (SSSR count). The first-order chi connectivity index (χ1) is 16.3. The molecule has 178 valence electrons. The van der Waals surface area contributed by atoms with Gasteiger partial charge in [0.05, 0.1) is 16.8 Å². The lowest BCUT2D eigenvalue weighted by molar-refractivity contribution is -0.136. The first kappa shape index (κ1) is 22.4. The molecule has 2 aromatic heterocycles. The Morgan fingerprint density at radius 3 is 2.62 bits per heavy atom. The first-order valence-electron chi connectivity index (χ1n) is 11.5. The van der Waals surface area contributed by atoms with Gasteiger partial charge in [0, 0.05) is 36.1 Å².